The molecule has 132 valence electrons. The topological polar surface area (TPSA) is 190 Å². The van der Waals surface area contributed by atoms with Crippen LogP contribution in [0.15, 0.2) is 18.2 Å². The molecular formula is C14H16O10. The molecule has 1 rings (SSSR count). The van der Waals surface area contributed by atoms with Gasteiger partial charge in [0.1, 0.15) is 5.41 Å². The van der Waals surface area contributed by atoms with E-state index < -0.39 is 42.5 Å². The second-order valence-corrected chi connectivity index (χ2v) is 4.90. The van der Waals surface area contributed by atoms with E-state index in [4.69, 9.17) is 30.6 Å². The van der Waals surface area contributed by atoms with Gasteiger partial charge in [0, 0.05) is 0 Å². The van der Waals surface area contributed by atoms with E-state index in [1.54, 1.807) is 0 Å². The van der Waals surface area contributed by atoms with Crippen molar-refractivity contribution in [2.45, 2.75) is 6.92 Å². The molecule has 0 spiro atoms. The number of aromatic carboxylic acids is 3. The largest absolute Gasteiger partial charge is 0.481 e. The van der Waals surface area contributed by atoms with Gasteiger partial charge in [-0.25, -0.2) is 14.4 Å². The van der Waals surface area contributed by atoms with Crippen LogP contribution in [-0.4, -0.2) is 67.7 Å². The van der Waals surface area contributed by atoms with Gasteiger partial charge in [-0.15, -0.1) is 0 Å². The van der Waals surface area contributed by atoms with Crippen LogP contribution >= 0.6 is 0 Å². The Morgan fingerprint density at radius 2 is 1.00 bits per heavy atom. The monoisotopic (exact) mass is 344 g/mol. The van der Waals surface area contributed by atoms with Crippen molar-refractivity contribution in [3.05, 3.63) is 34.9 Å². The van der Waals surface area contributed by atoms with Crippen LogP contribution < -0.4 is 0 Å². The van der Waals surface area contributed by atoms with Crippen molar-refractivity contribution in [1.29, 1.82) is 0 Å². The van der Waals surface area contributed by atoms with Crippen molar-refractivity contribution in [2.24, 2.45) is 5.41 Å². The molecule has 10 nitrogen and oxygen atoms in total. The highest BCUT2D eigenvalue weighted by molar-refractivity contribution is 5.98. The molecule has 24 heavy (non-hydrogen) atoms. The Kier molecular flexibility index (Phi) is 7.53. The molecule has 0 aliphatic heterocycles. The summed E-state index contributed by atoms with van der Waals surface area (Å²) in [5.74, 6) is -5.31. The smallest absolute Gasteiger partial charge is 0.335 e. The van der Waals surface area contributed by atoms with Gasteiger partial charge in [-0.2, -0.15) is 0 Å². The van der Waals surface area contributed by atoms with Gasteiger partial charge in [-0.1, -0.05) is 0 Å². The van der Waals surface area contributed by atoms with Gasteiger partial charge in [0.05, 0.1) is 29.9 Å². The first-order chi connectivity index (χ1) is 11.0. The van der Waals surface area contributed by atoms with E-state index in [1.807, 2.05) is 0 Å². The van der Waals surface area contributed by atoms with E-state index in [0.717, 1.165) is 18.2 Å². The van der Waals surface area contributed by atoms with Gasteiger partial charge in [0.2, 0.25) is 0 Å². The molecule has 0 bridgehead atoms. The lowest BCUT2D eigenvalue weighted by atomic mass is 9.94. The molecule has 0 amide bonds. The predicted octanol–water partition coefficient (Wildman–Crippen LogP) is -0.157. The first-order valence-electron chi connectivity index (χ1n) is 6.28. The van der Waals surface area contributed by atoms with Gasteiger partial charge in [0.15, 0.2) is 0 Å². The number of carboxylic acids is 4. The average molecular weight is 344 g/mol. The van der Waals surface area contributed by atoms with Crippen LogP contribution in [0.3, 0.4) is 0 Å². The predicted molar refractivity (Wildman–Crippen MR) is 77.2 cm³/mol. The van der Waals surface area contributed by atoms with Crippen molar-refractivity contribution in [3.63, 3.8) is 0 Å². The van der Waals surface area contributed by atoms with Gasteiger partial charge in [0.25, 0.3) is 0 Å². The third-order valence-corrected chi connectivity index (χ3v) is 2.89. The van der Waals surface area contributed by atoms with Crippen LogP contribution in [-0.2, 0) is 4.79 Å². The minimum Gasteiger partial charge on any atom is -0.481 e. The molecule has 0 aliphatic rings. The summed E-state index contributed by atoms with van der Waals surface area (Å²) in [5, 5.41) is 51.0. The molecule has 0 saturated carbocycles. The molecule has 0 radical (unpaired) electrons. The van der Waals surface area contributed by atoms with Gasteiger partial charge < -0.3 is 30.6 Å². The number of carbonyl (C=O) groups is 4. The lowest BCUT2D eigenvalue weighted by Gasteiger charge is -2.17. The van der Waals surface area contributed by atoms with Crippen LogP contribution in [0.2, 0.25) is 0 Å². The fraction of sp³-hybridized carbons (Fsp3) is 0.286. The zero-order valence-corrected chi connectivity index (χ0v) is 12.5. The van der Waals surface area contributed by atoms with Crippen LogP contribution in [0.4, 0.5) is 0 Å². The minimum atomic E-state index is -1.39. The minimum absolute atomic E-state index is 0.368. The molecule has 0 heterocycles. The fourth-order valence-corrected chi connectivity index (χ4v) is 1.18. The highest BCUT2D eigenvalue weighted by atomic mass is 16.4. The van der Waals surface area contributed by atoms with E-state index in [9.17, 15) is 19.2 Å². The van der Waals surface area contributed by atoms with Gasteiger partial charge >= 0.3 is 23.9 Å². The number of aliphatic hydroxyl groups is 2. The Labute approximate surface area is 135 Å². The highest BCUT2D eigenvalue weighted by Gasteiger charge is 2.31. The van der Waals surface area contributed by atoms with Gasteiger partial charge in [-0.3, -0.25) is 4.79 Å². The number of aliphatic carboxylic acids is 1. The molecule has 0 atom stereocenters. The number of benzene rings is 1. The molecule has 0 fully saturated rings. The Hall–Kier alpha value is -2.98. The fourth-order valence-electron chi connectivity index (χ4n) is 1.18. The molecule has 0 saturated heterocycles. The van der Waals surface area contributed by atoms with E-state index in [-0.39, 0.29) is 16.7 Å². The van der Waals surface area contributed by atoms with Crippen molar-refractivity contribution in [2.75, 3.05) is 13.2 Å². The molecule has 10 heteroatoms. The summed E-state index contributed by atoms with van der Waals surface area (Å²) >= 11 is 0. The second-order valence-electron chi connectivity index (χ2n) is 4.90. The Morgan fingerprint density at radius 3 is 1.08 bits per heavy atom. The molecule has 0 aromatic heterocycles. The zero-order valence-electron chi connectivity index (χ0n) is 12.5. The Morgan fingerprint density at radius 1 is 0.750 bits per heavy atom. The maximum Gasteiger partial charge on any atom is 0.335 e. The van der Waals surface area contributed by atoms with E-state index >= 15 is 0 Å². The third kappa shape index (κ3) is 5.66. The standard InChI is InChI=1S/C9H6O6.C5H10O4/c10-7(11)4-1-5(8(12)13)3-6(2-4)9(14)15;1-5(2-6,3-7)4(8)9/h1-3H,(H,10,11)(H,12,13)(H,14,15);6-7H,2-3H2,1H3,(H,8,9). The van der Waals surface area contributed by atoms with E-state index in [0.29, 0.717) is 0 Å². The molecule has 0 unspecified atom stereocenters. The summed E-state index contributed by atoms with van der Waals surface area (Å²) < 4.78 is 0. The normalized spacial score (nSPS) is 10.3. The SMILES string of the molecule is CC(CO)(CO)C(=O)O.O=C(O)c1cc(C(=O)O)cc(C(=O)O)c1. The maximum atomic E-state index is 10.6. The summed E-state index contributed by atoms with van der Waals surface area (Å²) in [7, 11) is 0. The summed E-state index contributed by atoms with van der Waals surface area (Å²) in [5.41, 5.74) is -2.49. The molecule has 1 aromatic rings. The summed E-state index contributed by atoms with van der Waals surface area (Å²) in [4.78, 5) is 41.9. The molecule has 1 aromatic carbocycles. The summed E-state index contributed by atoms with van der Waals surface area (Å²) in [6.07, 6.45) is 0. The van der Waals surface area contributed by atoms with E-state index in [1.165, 1.54) is 6.92 Å². The number of aliphatic hydroxyl groups excluding tert-OH is 2. The lowest BCUT2D eigenvalue weighted by Crippen LogP contribution is -2.35. The quantitative estimate of drug-likeness (QED) is 0.404. The van der Waals surface area contributed by atoms with Crippen LogP contribution in [0.1, 0.15) is 38.0 Å². The average Bonchev–Trinajstić information content (AvgIpc) is 2.53. The molecule has 0 aliphatic carbocycles. The van der Waals surface area contributed by atoms with Crippen LogP contribution in [0.25, 0.3) is 0 Å². The van der Waals surface area contributed by atoms with Crippen molar-refractivity contribution < 1.29 is 49.8 Å². The second kappa shape index (κ2) is 8.60. The number of hydrogen-bond donors (Lipinski definition) is 6. The van der Waals surface area contributed by atoms with E-state index in [2.05, 4.69) is 0 Å². The first-order valence-corrected chi connectivity index (χ1v) is 6.28. The van der Waals surface area contributed by atoms with Crippen LogP contribution in [0.5, 0.6) is 0 Å². The van der Waals surface area contributed by atoms with Gasteiger partial charge in [-0.05, 0) is 25.1 Å². The number of hydrogen-bond acceptors (Lipinski definition) is 6. The maximum absolute atomic E-state index is 10.6. The summed E-state index contributed by atoms with van der Waals surface area (Å²) in [6.45, 7) is 0.187. The first kappa shape index (κ1) is 21.0. The third-order valence-electron chi connectivity index (χ3n) is 2.89. The summed E-state index contributed by atoms with van der Waals surface area (Å²) in [6, 6.07) is 2.70. The Balaban J connectivity index is 0.000000506. The van der Waals surface area contributed by atoms with Crippen molar-refractivity contribution in [1.82, 2.24) is 0 Å². The zero-order chi connectivity index (χ0) is 19.1. The van der Waals surface area contributed by atoms with Crippen molar-refractivity contribution in [3.8, 4) is 0 Å². The lowest BCUT2D eigenvalue weighted by molar-refractivity contribution is -0.152. The van der Waals surface area contributed by atoms with Crippen molar-refractivity contribution >= 4 is 23.9 Å². The highest BCUT2D eigenvalue weighted by Crippen LogP contribution is 2.13. The Bertz CT molecular complexity index is 566. The molecular weight excluding hydrogens is 328 g/mol. The van der Waals surface area contributed by atoms with Crippen LogP contribution in [0, 0.1) is 5.41 Å². The number of rotatable bonds is 6. The number of carboxylic acid groups (broad SMARTS) is 4. The molecule has 6 N–H and O–H groups in total.